The molecule has 3 N–H and O–H groups in total. The topological polar surface area (TPSA) is 91.1 Å². The second-order valence-electron chi connectivity index (χ2n) is 8.45. The fourth-order valence-electron chi connectivity index (χ4n) is 4.62. The Morgan fingerprint density at radius 1 is 1.03 bits per heavy atom. The van der Waals surface area contributed by atoms with E-state index in [1.807, 2.05) is 0 Å². The molecule has 180 valence electrons. The molecule has 7 nitrogen and oxygen atoms in total. The molecule has 0 bridgehead atoms. The molecule has 1 aliphatic rings. The number of nitrogen functional groups attached to an aromatic ring is 1. The van der Waals surface area contributed by atoms with Crippen LogP contribution in [0.4, 0.5) is 33.9 Å². The van der Waals surface area contributed by atoms with E-state index in [9.17, 15) is 18.0 Å². The van der Waals surface area contributed by atoms with Gasteiger partial charge in [0.15, 0.2) is 11.6 Å². The lowest BCUT2D eigenvalue weighted by Gasteiger charge is -2.19. The highest BCUT2D eigenvalue weighted by Gasteiger charge is 2.40. The Bertz CT molecular complexity index is 1520. The van der Waals surface area contributed by atoms with Crippen molar-refractivity contribution in [1.82, 2.24) is 19.9 Å². The first-order valence-electron chi connectivity index (χ1n) is 10.7. The highest BCUT2D eigenvalue weighted by Crippen LogP contribution is 2.39. The molecule has 0 radical (unpaired) electrons. The molecule has 2 aromatic heterocycles. The molecule has 1 fully saturated rings. The van der Waals surface area contributed by atoms with Crippen molar-refractivity contribution < 1.29 is 22.4 Å². The molecule has 5 rings (SSSR count). The van der Waals surface area contributed by atoms with Gasteiger partial charge in [0.25, 0.3) is 0 Å². The summed E-state index contributed by atoms with van der Waals surface area (Å²) in [7, 11) is 1.35. The molecule has 0 aliphatic carbocycles. The van der Waals surface area contributed by atoms with Crippen molar-refractivity contribution in [3.8, 4) is 11.1 Å². The molecule has 1 aliphatic heterocycles. The molecule has 1 atom stereocenters. The van der Waals surface area contributed by atoms with E-state index >= 15 is 4.39 Å². The number of rotatable bonds is 3. The van der Waals surface area contributed by atoms with Crippen LogP contribution in [-0.4, -0.2) is 39.5 Å². The Morgan fingerprint density at radius 2 is 1.74 bits per heavy atom. The van der Waals surface area contributed by atoms with Crippen molar-refractivity contribution in [2.24, 2.45) is 0 Å². The summed E-state index contributed by atoms with van der Waals surface area (Å²) in [5.74, 6) is -3.52. The number of amides is 2. The Balaban J connectivity index is 1.54. The second kappa shape index (κ2) is 7.97. The number of carbonyl (C=O) groups is 1. The van der Waals surface area contributed by atoms with Crippen LogP contribution >= 0.6 is 0 Å². The van der Waals surface area contributed by atoms with Gasteiger partial charge in [0, 0.05) is 29.6 Å². The number of fused-ring (bicyclic) bond motifs is 1. The summed E-state index contributed by atoms with van der Waals surface area (Å²) in [6.45, 7) is 3.25. The SMILES string of the molecule is Cc1nc(N)c2c(-c3ccc(N4CC(c5c(F)ccc(F)c5F)N(C)C4=O)cc3F)c(C)[nH]c2n1. The molecule has 1 unspecified atom stereocenters. The zero-order chi connectivity index (χ0) is 25.2. The van der Waals surface area contributed by atoms with Gasteiger partial charge in [-0.3, -0.25) is 4.90 Å². The number of hydrogen-bond acceptors (Lipinski definition) is 4. The monoisotopic (exact) mass is 484 g/mol. The van der Waals surface area contributed by atoms with Crippen molar-refractivity contribution in [2.75, 3.05) is 24.2 Å². The highest BCUT2D eigenvalue weighted by molar-refractivity contribution is 6.02. The Labute approximate surface area is 197 Å². The maximum atomic E-state index is 15.4. The number of anilines is 2. The number of aryl methyl sites for hydroxylation is 2. The zero-order valence-corrected chi connectivity index (χ0v) is 19.0. The van der Waals surface area contributed by atoms with Gasteiger partial charge < -0.3 is 15.6 Å². The van der Waals surface area contributed by atoms with Crippen LogP contribution in [0.1, 0.15) is 23.1 Å². The minimum atomic E-state index is -1.36. The maximum Gasteiger partial charge on any atom is 0.324 e. The number of likely N-dealkylation sites (N-methyl/N-ethyl adjacent to an activating group) is 1. The Hall–Kier alpha value is -4.15. The van der Waals surface area contributed by atoms with Gasteiger partial charge >= 0.3 is 6.03 Å². The number of benzene rings is 2. The molecule has 0 saturated carbocycles. The standard InChI is InChI=1S/C24H20F4N6O/c1-10-18(20-22(29)31-11(2)32-23(20)30-10)13-5-4-12(8-16(13)27)34-9-17(33(3)24(34)35)19-14(25)6-7-15(26)21(19)28/h4-8,17H,9H2,1-3H3,(H3,29,30,31,32). The predicted octanol–water partition coefficient (Wildman–Crippen LogP) is 4.99. The third-order valence-corrected chi connectivity index (χ3v) is 6.28. The molecule has 2 amide bonds. The van der Waals surface area contributed by atoms with Crippen LogP contribution in [0.25, 0.3) is 22.2 Å². The number of nitrogens with one attached hydrogen (secondary N) is 1. The van der Waals surface area contributed by atoms with E-state index in [4.69, 9.17) is 5.73 Å². The number of nitrogens with two attached hydrogens (primary N) is 1. The number of nitrogens with zero attached hydrogens (tertiary/aromatic N) is 4. The Kier molecular flexibility index (Phi) is 5.15. The average Bonchev–Trinajstić information content (AvgIpc) is 3.27. The summed E-state index contributed by atoms with van der Waals surface area (Å²) in [4.78, 5) is 26.7. The third kappa shape index (κ3) is 3.46. The summed E-state index contributed by atoms with van der Waals surface area (Å²) in [5, 5.41) is 0.480. The molecule has 1 saturated heterocycles. The lowest BCUT2D eigenvalue weighted by atomic mass is 10.0. The fraction of sp³-hybridized carbons (Fsp3) is 0.208. The largest absolute Gasteiger partial charge is 0.383 e. The van der Waals surface area contributed by atoms with Gasteiger partial charge in [0.2, 0.25) is 0 Å². The number of carbonyl (C=O) groups excluding carboxylic acids is 1. The van der Waals surface area contributed by atoms with Crippen LogP contribution in [0.2, 0.25) is 0 Å². The van der Waals surface area contributed by atoms with E-state index in [0.717, 1.165) is 17.0 Å². The van der Waals surface area contributed by atoms with Gasteiger partial charge in [-0.1, -0.05) is 0 Å². The number of hydrogen-bond donors (Lipinski definition) is 2. The first kappa shape index (κ1) is 22.6. The van der Waals surface area contributed by atoms with E-state index in [1.54, 1.807) is 13.8 Å². The number of H-pyrrole nitrogens is 1. The van der Waals surface area contributed by atoms with Crippen molar-refractivity contribution in [3.05, 3.63) is 70.7 Å². The van der Waals surface area contributed by atoms with Crippen LogP contribution in [-0.2, 0) is 0 Å². The quantitative estimate of drug-likeness (QED) is 0.317. The molecule has 0 spiro atoms. The maximum absolute atomic E-state index is 15.4. The van der Waals surface area contributed by atoms with E-state index in [-0.39, 0.29) is 23.6 Å². The van der Waals surface area contributed by atoms with Gasteiger partial charge in [-0.05, 0) is 44.2 Å². The fourth-order valence-corrected chi connectivity index (χ4v) is 4.62. The molecular formula is C24H20F4N6O. The van der Waals surface area contributed by atoms with E-state index in [0.29, 0.717) is 34.2 Å². The van der Waals surface area contributed by atoms with Crippen LogP contribution in [0, 0.1) is 37.1 Å². The lowest BCUT2D eigenvalue weighted by Crippen LogP contribution is -2.29. The van der Waals surface area contributed by atoms with Gasteiger partial charge in [0.1, 0.15) is 28.9 Å². The summed E-state index contributed by atoms with van der Waals surface area (Å²) in [6.07, 6.45) is 0. The van der Waals surface area contributed by atoms with Crippen molar-refractivity contribution in [1.29, 1.82) is 0 Å². The molecular weight excluding hydrogens is 464 g/mol. The van der Waals surface area contributed by atoms with Crippen LogP contribution in [0.3, 0.4) is 0 Å². The van der Waals surface area contributed by atoms with Crippen molar-refractivity contribution in [3.63, 3.8) is 0 Å². The van der Waals surface area contributed by atoms with Gasteiger partial charge in [-0.15, -0.1) is 0 Å². The summed E-state index contributed by atoms with van der Waals surface area (Å²) in [5.41, 5.74) is 7.53. The van der Waals surface area contributed by atoms with Crippen LogP contribution in [0.15, 0.2) is 30.3 Å². The summed E-state index contributed by atoms with van der Waals surface area (Å²) >= 11 is 0. The number of halogens is 4. The number of aromatic amines is 1. The van der Waals surface area contributed by atoms with Gasteiger partial charge in [0.05, 0.1) is 23.5 Å². The molecule has 4 aromatic rings. The first-order valence-corrected chi connectivity index (χ1v) is 10.7. The van der Waals surface area contributed by atoms with Gasteiger partial charge in [-0.2, -0.15) is 0 Å². The summed E-state index contributed by atoms with van der Waals surface area (Å²) in [6, 6.07) is 3.95. The average molecular weight is 484 g/mol. The second-order valence-corrected chi connectivity index (χ2v) is 8.45. The van der Waals surface area contributed by atoms with Crippen molar-refractivity contribution >= 4 is 28.6 Å². The van der Waals surface area contributed by atoms with E-state index in [2.05, 4.69) is 15.0 Å². The minimum absolute atomic E-state index is 0.181. The van der Waals surface area contributed by atoms with Crippen LogP contribution in [0.5, 0.6) is 0 Å². The van der Waals surface area contributed by atoms with E-state index in [1.165, 1.54) is 24.1 Å². The first-order chi connectivity index (χ1) is 16.6. The van der Waals surface area contributed by atoms with E-state index < -0.39 is 40.9 Å². The lowest BCUT2D eigenvalue weighted by molar-refractivity contribution is 0.217. The Morgan fingerprint density at radius 3 is 2.46 bits per heavy atom. The minimum Gasteiger partial charge on any atom is -0.383 e. The predicted molar refractivity (Wildman–Crippen MR) is 123 cm³/mol. The third-order valence-electron chi connectivity index (χ3n) is 6.28. The van der Waals surface area contributed by atoms with Gasteiger partial charge in [-0.25, -0.2) is 32.3 Å². The molecule has 2 aromatic carbocycles. The normalized spacial score (nSPS) is 16.1. The molecule has 35 heavy (non-hydrogen) atoms. The van der Waals surface area contributed by atoms with Crippen molar-refractivity contribution in [2.45, 2.75) is 19.9 Å². The zero-order valence-electron chi connectivity index (χ0n) is 19.0. The smallest absolute Gasteiger partial charge is 0.324 e. The number of aromatic nitrogens is 3. The molecule has 3 heterocycles. The summed E-state index contributed by atoms with van der Waals surface area (Å²) < 4.78 is 57.9. The highest BCUT2D eigenvalue weighted by atomic mass is 19.2. The van der Waals surface area contributed by atoms with Crippen LogP contribution < -0.4 is 10.6 Å². The molecule has 11 heteroatoms. The number of urea groups is 1.